The third kappa shape index (κ3) is 2.87. The van der Waals surface area contributed by atoms with Gasteiger partial charge in [0.15, 0.2) is 0 Å². The Morgan fingerprint density at radius 2 is 1.43 bits per heavy atom. The summed E-state index contributed by atoms with van der Waals surface area (Å²) < 4.78 is 20.9. The summed E-state index contributed by atoms with van der Waals surface area (Å²) in [7, 11) is 0. The predicted molar refractivity (Wildman–Crippen MR) is 22.3 cm³/mol. The van der Waals surface area contributed by atoms with E-state index in [4.69, 9.17) is 0 Å². The van der Waals surface area contributed by atoms with Gasteiger partial charge in [0.05, 0.1) is 0 Å². The summed E-state index contributed by atoms with van der Waals surface area (Å²) in [6.07, 6.45) is 0. The number of rotatable bonds is 2. The molecule has 0 amide bonds. The predicted octanol–water partition coefficient (Wildman–Crippen LogP) is 1.71. The van der Waals surface area contributed by atoms with Gasteiger partial charge in [-0.1, -0.05) is 0 Å². The van der Waals surface area contributed by atoms with E-state index in [0.717, 1.165) is 0 Å². The normalized spacial score (nSPS) is 14.0. The molecule has 0 aromatic heterocycles. The first-order chi connectivity index (χ1) is 3.12. The molecule has 0 heterocycles. The minimum absolute atomic E-state index is 0.354. The van der Waals surface area contributed by atoms with Crippen LogP contribution in [0.1, 0.15) is 13.8 Å². The van der Waals surface area contributed by atoms with E-state index in [2.05, 4.69) is 0 Å². The minimum atomic E-state index is -3.43. The van der Waals surface area contributed by atoms with Gasteiger partial charge in [-0.2, -0.15) is 0 Å². The van der Waals surface area contributed by atoms with Gasteiger partial charge in [-0.25, -0.2) is 0 Å². The molecule has 0 aliphatic heterocycles. The van der Waals surface area contributed by atoms with Crippen molar-refractivity contribution < 1.29 is 21.8 Å². The molecule has 0 aromatic rings. The Hall–Kier alpha value is 0.223. The van der Waals surface area contributed by atoms with Crippen LogP contribution in [-0.4, -0.2) is 0 Å². The van der Waals surface area contributed by atoms with Crippen LogP contribution >= 0.6 is 0 Å². The molecule has 7 heavy (non-hydrogen) atoms. The fourth-order valence-electron chi connectivity index (χ4n) is 0.177. The molecule has 0 fully saturated rings. The topological polar surface area (TPSA) is 34.1 Å². The summed E-state index contributed by atoms with van der Waals surface area (Å²) in [5, 5.41) is 0.708. The van der Waals surface area contributed by atoms with Crippen molar-refractivity contribution in [3.05, 3.63) is 0 Å². The zero-order valence-corrected chi connectivity index (χ0v) is 6.32. The van der Waals surface area contributed by atoms with Crippen LogP contribution in [0.5, 0.6) is 0 Å². The van der Waals surface area contributed by atoms with Crippen molar-refractivity contribution in [1.82, 2.24) is 0 Å². The number of hydrogen-bond acceptors (Lipinski definition) is 2. The molecule has 0 aliphatic carbocycles. The second-order valence-electron chi connectivity index (χ2n) is 1.14. The van der Waals surface area contributed by atoms with Gasteiger partial charge in [0.25, 0.3) is 0 Å². The standard InChI is InChI=1S/2C2H5.2O.Ru/c2*1-2;;;/h2*1H2,2H3;;;. The van der Waals surface area contributed by atoms with E-state index in [-0.39, 0.29) is 0 Å². The van der Waals surface area contributed by atoms with Crippen LogP contribution in [0.15, 0.2) is 0 Å². The van der Waals surface area contributed by atoms with Gasteiger partial charge in [-0.15, -0.1) is 0 Å². The zero-order valence-electron chi connectivity index (χ0n) is 4.58. The van der Waals surface area contributed by atoms with Crippen LogP contribution in [-0.2, 0) is 21.8 Å². The van der Waals surface area contributed by atoms with Crippen LogP contribution < -0.4 is 0 Å². The van der Waals surface area contributed by atoms with Crippen molar-refractivity contribution in [1.29, 1.82) is 0 Å². The molecule has 3 heteroatoms. The van der Waals surface area contributed by atoms with Crippen molar-refractivity contribution >= 4 is 0 Å². The maximum atomic E-state index is 10.5. The molecule has 0 radical (unpaired) electrons. The van der Waals surface area contributed by atoms with Gasteiger partial charge in [-0.3, -0.25) is 0 Å². The van der Waals surface area contributed by atoms with Gasteiger partial charge in [0, 0.05) is 0 Å². The van der Waals surface area contributed by atoms with Gasteiger partial charge in [-0.05, 0) is 0 Å². The Kier molecular flexibility index (Phi) is 2.59. The first-order valence-electron chi connectivity index (χ1n) is 2.20. The molecule has 0 spiro atoms. The van der Waals surface area contributed by atoms with Crippen LogP contribution in [0.2, 0.25) is 10.0 Å². The molecule has 0 bridgehead atoms. The molecule has 0 aliphatic rings. The Bertz CT molecular complexity index is 113. The van der Waals surface area contributed by atoms with E-state index < -0.39 is 14.7 Å². The molecule has 46 valence electrons. The fraction of sp³-hybridized carbons (Fsp3) is 1.00. The molecule has 0 unspecified atom stereocenters. The maximum absolute atomic E-state index is 10.5. The summed E-state index contributed by atoms with van der Waals surface area (Å²) in [5.74, 6) is 0. The zero-order chi connectivity index (χ0) is 5.91. The van der Waals surface area contributed by atoms with Crippen molar-refractivity contribution in [3.8, 4) is 0 Å². The summed E-state index contributed by atoms with van der Waals surface area (Å²) in [5.41, 5.74) is 0. The average molecular weight is 191 g/mol. The Morgan fingerprint density at radius 1 is 1.14 bits per heavy atom. The van der Waals surface area contributed by atoms with Crippen molar-refractivity contribution in [2.75, 3.05) is 0 Å². The number of hydrogen-bond donors (Lipinski definition) is 0. The first kappa shape index (κ1) is 7.22. The van der Waals surface area contributed by atoms with E-state index in [0.29, 0.717) is 10.0 Å². The van der Waals surface area contributed by atoms with Gasteiger partial charge >= 0.3 is 45.7 Å². The van der Waals surface area contributed by atoms with E-state index in [1.165, 1.54) is 0 Å². The molecule has 0 rings (SSSR count). The third-order valence-electron chi connectivity index (χ3n) is 0.762. The summed E-state index contributed by atoms with van der Waals surface area (Å²) in [6.45, 7) is 3.38. The molecule has 0 saturated heterocycles. The van der Waals surface area contributed by atoms with Crippen molar-refractivity contribution in [3.63, 3.8) is 0 Å². The van der Waals surface area contributed by atoms with Crippen LogP contribution in [0, 0.1) is 0 Å². The molecule has 2 nitrogen and oxygen atoms in total. The molecule has 0 atom stereocenters. The monoisotopic (exact) mass is 192 g/mol. The van der Waals surface area contributed by atoms with E-state index in [9.17, 15) is 7.15 Å². The van der Waals surface area contributed by atoms with E-state index in [1.807, 2.05) is 0 Å². The Labute approximate surface area is 46.3 Å². The second-order valence-corrected chi connectivity index (χ2v) is 6.77. The van der Waals surface area contributed by atoms with Gasteiger partial charge in [0.2, 0.25) is 0 Å². The van der Waals surface area contributed by atoms with Gasteiger partial charge in [0.1, 0.15) is 0 Å². The summed E-state index contributed by atoms with van der Waals surface area (Å²) in [6, 6.07) is 0. The van der Waals surface area contributed by atoms with Crippen molar-refractivity contribution in [2.45, 2.75) is 23.9 Å². The first-order valence-corrected chi connectivity index (χ1v) is 6.08. The molecule has 0 N–H and O–H groups in total. The third-order valence-corrected chi connectivity index (χ3v) is 4.51. The molecular weight excluding hydrogens is 181 g/mol. The SMILES string of the molecule is C[CH2][Ru](=[O])(=[O])[CH2]C. The molecular formula is C4H10O2Ru. The molecule has 0 saturated carbocycles. The fourth-order valence-corrected chi connectivity index (χ4v) is 1.05. The Morgan fingerprint density at radius 3 is 1.43 bits per heavy atom. The Balaban J connectivity index is 3.89. The second kappa shape index (κ2) is 2.51. The van der Waals surface area contributed by atoms with Crippen molar-refractivity contribution in [2.24, 2.45) is 0 Å². The van der Waals surface area contributed by atoms with Crippen LogP contribution in [0.3, 0.4) is 0 Å². The van der Waals surface area contributed by atoms with E-state index in [1.54, 1.807) is 13.8 Å². The van der Waals surface area contributed by atoms with E-state index >= 15 is 0 Å². The summed E-state index contributed by atoms with van der Waals surface area (Å²) in [4.78, 5) is 0. The average Bonchev–Trinajstić information content (AvgIpc) is 1.68. The van der Waals surface area contributed by atoms with Gasteiger partial charge < -0.3 is 0 Å². The van der Waals surface area contributed by atoms with Crippen LogP contribution in [0.4, 0.5) is 0 Å². The molecule has 0 aromatic carbocycles. The van der Waals surface area contributed by atoms with Crippen LogP contribution in [0.25, 0.3) is 0 Å². The summed E-state index contributed by atoms with van der Waals surface area (Å²) >= 11 is -3.43. The quantitative estimate of drug-likeness (QED) is 0.622.